The number of aromatic hydroxyl groups is 2. The second-order valence-electron chi connectivity index (χ2n) is 4.68. The molecule has 0 unspecified atom stereocenters. The molecule has 5 nitrogen and oxygen atoms in total. The molecule has 0 aromatic heterocycles. The van der Waals surface area contributed by atoms with E-state index in [0.717, 1.165) is 5.56 Å². The molecule has 0 saturated heterocycles. The van der Waals surface area contributed by atoms with Gasteiger partial charge in [0.05, 0.1) is 5.71 Å². The highest BCUT2D eigenvalue weighted by molar-refractivity contribution is 7.80. The van der Waals surface area contributed by atoms with E-state index >= 15 is 0 Å². The summed E-state index contributed by atoms with van der Waals surface area (Å²) in [5.41, 5.74) is 4.78. The van der Waals surface area contributed by atoms with Crippen LogP contribution in [0.1, 0.15) is 18.1 Å². The van der Waals surface area contributed by atoms with Crippen molar-refractivity contribution in [2.24, 2.45) is 5.10 Å². The van der Waals surface area contributed by atoms with Gasteiger partial charge in [-0.2, -0.15) is 5.10 Å². The Hall–Kier alpha value is -2.60. The van der Waals surface area contributed by atoms with Gasteiger partial charge >= 0.3 is 0 Å². The average molecular weight is 315 g/mol. The van der Waals surface area contributed by atoms with Crippen molar-refractivity contribution in [1.82, 2.24) is 10.7 Å². The second kappa shape index (κ2) is 7.42. The van der Waals surface area contributed by atoms with Crippen LogP contribution in [-0.4, -0.2) is 21.0 Å². The standard InChI is InChI=1S/C16H17N3O2S/c1-11(14-9-13(20)7-8-15(14)21)18-19-16(22)17-10-12-5-3-2-4-6-12/h2-9,20-21H,10H2,1H3,(H2,17,19,22)/b18-11+. The Morgan fingerprint density at radius 1 is 1.14 bits per heavy atom. The van der Waals surface area contributed by atoms with Crippen LogP contribution in [0.2, 0.25) is 0 Å². The smallest absolute Gasteiger partial charge is 0.187 e. The van der Waals surface area contributed by atoms with Crippen molar-refractivity contribution >= 4 is 23.0 Å². The normalized spacial score (nSPS) is 11.0. The summed E-state index contributed by atoms with van der Waals surface area (Å²) in [6.07, 6.45) is 0. The molecule has 6 heteroatoms. The Kier molecular flexibility index (Phi) is 5.32. The molecule has 0 fully saturated rings. The number of hydrogen-bond donors (Lipinski definition) is 4. The Morgan fingerprint density at radius 2 is 1.86 bits per heavy atom. The van der Waals surface area contributed by atoms with Gasteiger partial charge in [0.1, 0.15) is 11.5 Å². The summed E-state index contributed by atoms with van der Waals surface area (Å²) in [7, 11) is 0. The number of hydrogen-bond acceptors (Lipinski definition) is 4. The molecule has 0 aliphatic carbocycles. The molecule has 0 saturated carbocycles. The highest BCUT2D eigenvalue weighted by Gasteiger charge is 2.06. The molecule has 2 rings (SSSR count). The fraction of sp³-hybridized carbons (Fsp3) is 0.125. The van der Waals surface area contributed by atoms with Crippen molar-refractivity contribution in [3.8, 4) is 11.5 Å². The zero-order valence-corrected chi connectivity index (χ0v) is 12.9. The number of hydrazone groups is 1. The van der Waals surface area contributed by atoms with Crippen LogP contribution in [-0.2, 0) is 6.54 Å². The Balaban J connectivity index is 1.93. The molecule has 0 amide bonds. The Bertz CT molecular complexity index is 687. The number of thiocarbonyl (C=S) groups is 1. The van der Waals surface area contributed by atoms with E-state index in [1.165, 1.54) is 18.2 Å². The van der Waals surface area contributed by atoms with Gasteiger partial charge in [-0.3, -0.25) is 5.43 Å². The van der Waals surface area contributed by atoms with Gasteiger partial charge in [-0.15, -0.1) is 0 Å². The SMILES string of the molecule is C/C(=N\NC(=S)NCc1ccccc1)c1cc(O)ccc1O. The first kappa shape index (κ1) is 15.8. The summed E-state index contributed by atoms with van der Waals surface area (Å²) >= 11 is 5.14. The first-order valence-corrected chi connectivity index (χ1v) is 7.11. The van der Waals surface area contributed by atoms with Crippen molar-refractivity contribution in [2.45, 2.75) is 13.5 Å². The van der Waals surface area contributed by atoms with Gasteiger partial charge in [0.2, 0.25) is 0 Å². The van der Waals surface area contributed by atoms with Crippen molar-refractivity contribution in [3.63, 3.8) is 0 Å². The van der Waals surface area contributed by atoms with Crippen LogP contribution in [0.3, 0.4) is 0 Å². The van der Waals surface area contributed by atoms with E-state index in [0.29, 0.717) is 22.9 Å². The minimum Gasteiger partial charge on any atom is -0.508 e. The quantitative estimate of drug-likeness (QED) is 0.302. The summed E-state index contributed by atoms with van der Waals surface area (Å²) < 4.78 is 0. The van der Waals surface area contributed by atoms with Crippen LogP contribution in [0.5, 0.6) is 11.5 Å². The number of phenolic OH excluding ortho intramolecular Hbond substituents is 2. The third kappa shape index (κ3) is 4.46. The van der Waals surface area contributed by atoms with Gasteiger partial charge in [-0.1, -0.05) is 30.3 Å². The molecule has 4 N–H and O–H groups in total. The largest absolute Gasteiger partial charge is 0.508 e. The molecule has 2 aromatic carbocycles. The van der Waals surface area contributed by atoms with Crippen LogP contribution in [0.25, 0.3) is 0 Å². The van der Waals surface area contributed by atoms with Gasteiger partial charge in [0, 0.05) is 12.1 Å². The van der Waals surface area contributed by atoms with Crippen LogP contribution < -0.4 is 10.7 Å². The number of benzene rings is 2. The van der Waals surface area contributed by atoms with Crippen LogP contribution in [0.15, 0.2) is 53.6 Å². The monoisotopic (exact) mass is 315 g/mol. The number of nitrogens with one attached hydrogen (secondary N) is 2. The molecule has 0 atom stereocenters. The number of nitrogens with zero attached hydrogens (tertiary/aromatic N) is 1. The maximum Gasteiger partial charge on any atom is 0.187 e. The molecular weight excluding hydrogens is 298 g/mol. The highest BCUT2D eigenvalue weighted by atomic mass is 32.1. The predicted molar refractivity (Wildman–Crippen MR) is 91.0 cm³/mol. The minimum absolute atomic E-state index is 0.0454. The maximum atomic E-state index is 9.75. The number of phenols is 2. The van der Waals surface area contributed by atoms with E-state index in [4.69, 9.17) is 12.2 Å². The zero-order chi connectivity index (χ0) is 15.9. The topological polar surface area (TPSA) is 76.9 Å². The Morgan fingerprint density at radius 3 is 2.59 bits per heavy atom. The van der Waals surface area contributed by atoms with Crippen molar-refractivity contribution < 1.29 is 10.2 Å². The summed E-state index contributed by atoms with van der Waals surface area (Å²) in [4.78, 5) is 0. The first-order valence-electron chi connectivity index (χ1n) is 6.70. The summed E-state index contributed by atoms with van der Waals surface area (Å²) in [6.45, 7) is 2.31. The molecule has 22 heavy (non-hydrogen) atoms. The maximum absolute atomic E-state index is 9.75. The molecular formula is C16H17N3O2S. The van der Waals surface area contributed by atoms with Crippen molar-refractivity contribution in [1.29, 1.82) is 0 Å². The van der Waals surface area contributed by atoms with Crippen LogP contribution in [0, 0.1) is 0 Å². The molecule has 0 heterocycles. The van der Waals surface area contributed by atoms with Gasteiger partial charge in [0.25, 0.3) is 0 Å². The summed E-state index contributed by atoms with van der Waals surface area (Å²) in [5.74, 6) is 0.108. The number of rotatable bonds is 4. The van der Waals surface area contributed by atoms with Gasteiger partial charge < -0.3 is 15.5 Å². The van der Waals surface area contributed by atoms with Crippen LogP contribution >= 0.6 is 12.2 Å². The fourth-order valence-electron chi connectivity index (χ4n) is 1.83. The lowest BCUT2D eigenvalue weighted by molar-refractivity contribution is 0.459. The summed E-state index contributed by atoms with van der Waals surface area (Å²) in [6, 6.07) is 14.1. The molecule has 0 aliphatic heterocycles. The fourth-order valence-corrected chi connectivity index (χ4v) is 1.94. The first-order chi connectivity index (χ1) is 10.6. The van der Waals surface area contributed by atoms with E-state index in [2.05, 4.69) is 15.8 Å². The van der Waals surface area contributed by atoms with Crippen molar-refractivity contribution in [2.75, 3.05) is 0 Å². The van der Waals surface area contributed by atoms with E-state index in [-0.39, 0.29) is 11.5 Å². The lowest BCUT2D eigenvalue weighted by Gasteiger charge is -2.09. The lowest BCUT2D eigenvalue weighted by Crippen LogP contribution is -2.32. The molecule has 0 radical (unpaired) electrons. The summed E-state index contributed by atoms with van der Waals surface area (Å²) in [5, 5.41) is 26.7. The third-order valence-electron chi connectivity index (χ3n) is 2.99. The molecule has 114 valence electrons. The van der Waals surface area contributed by atoms with E-state index in [1.54, 1.807) is 6.92 Å². The van der Waals surface area contributed by atoms with Crippen LogP contribution in [0.4, 0.5) is 0 Å². The lowest BCUT2D eigenvalue weighted by atomic mass is 10.1. The predicted octanol–water partition coefficient (Wildman–Crippen LogP) is 2.49. The molecule has 0 bridgehead atoms. The van der Waals surface area contributed by atoms with Gasteiger partial charge in [-0.25, -0.2) is 0 Å². The van der Waals surface area contributed by atoms with E-state index in [9.17, 15) is 10.2 Å². The zero-order valence-electron chi connectivity index (χ0n) is 12.1. The average Bonchev–Trinajstić information content (AvgIpc) is 2.54. The highest BCUT2D eigenvalue weighted by Crippen LogP contribution is 2.22. The molecule has 0 aliphatic rings. The molecule has 2 aromatic rings. The Labute approximate surface area is 134 Å². The van der Waals surface area contributed by atoms with E-state index in [1.807, 2.05) is 30.3 Å². The third-order valence-corrected chi connectivity index (χ3v) is 3.23. The minimum atomic E-state index is 0.0454. The van der Waals surface area contributed by atoms with E-state index < -0.39 is 0 Å². The molecule has 0 spiro atoms. The second-order valence-corrected chi connectivity index (χ2v) is 5.09. The van der Waals surface area contributed by atoms with Crippen molar-refractivity contribution in [3.05, 3.63) is 59.7 Å². The van der Waals surface area contributed by atoms with Gasteiger partial charge in [0.15, 0.2) is 5.11 Å². The van der Waals surface area contributed by atoms with Gasteiger partial charge in [-0.05, 0) is 42.9 Å².